The van der Waals surface area contributed by atoms with E-state index in [1.807, 2.05) is 0 Å². The van der Waals surface area contributed by atoms with E-state index in [1.165, 1.54) is 52.6 Å². The van der Waals surface area contributed by atoms with Crippen LogP contribution in [-0.2, 0) is 9.59 Å². The number of anilines is 1. The van der Waals surface area contributed by atoms with E-state index in [9.17, 15) is 29.8 Å². The molecule has 0 saturated carbocycles. The van der Waals surface area contributed by atoms with Gasteiger partial charge in [0.2, 0.25) is 0 Å². The second-order valence-corrected chi connectivity index (χ2v) is 10.5. The van der Waals surface area contributed by atoms with Gasteiger partial charge in [0.1, 0.15) is 5.57 Å². The van der Waals surface area contributed by atoms with Gasteiger partial charge in [-0.1, -0.05) is 36.0 Å². The Morgan fingerprint density at radius 3 is 2.47 bits per heavy atom. The Bertz CT molecular complexity index is 1700. The van der Waals surface area contributed by atoms with Crippen molar-refractivity contribution in [1.29, 1.82) is 0 Å². The first-order chi connectivity index (χ1) is 18.2. The van der Waals surface area contributed by atoms with Crippen molar-refractivity contribution in [2.45, 2.75) is 9.24 Å². The summed E-state index contributed by atoms with van der Waals surface area (Å²) < 4.78 is 1.04. The number of rotatable bonds is 6. The highest BCUT2D eigenvalue weighted by molar-refractivity contribution is 8.01. The molecular weight excluding hydrogens is 550 g/mol. The van der Waals surface area contributed by atoms with Gasteiger partial charge in [-0.3, -0.25) is 40.0 Å². The third kappa shape index (κ3) is 4.87. The van der Waals surface area contributed by atoms with Gasteiger partial charge in [-0.25, -0.2) is 4.98 Å². The zero-order valence-corrected chi connectivity index (χ0v) is 21.3. The number of amides is 2. The maximum Gasteiger partial charge on any atom is 0.283 e. The number of hydrogen-bond acceptors (Lipinski definition) is 10. The minimum atomic E-state index is -0.711. The molecule has 1 aromatic heterocycles. The molecule has 1 aliphatic rings. The van der Waals surface area contributed by atoms with Crippen molar-refractivity contribution < 1.29 is 19.4 Å². The van der Waals surface area contributed by atoms with E-state index in [0.717, 1.165) is 11.8 Å². The maximum absolute atomic E-state index is 13.2. The number of carbonyl (C=O) groups excluding carboxylic acids is 2. The first-order valence-corrected chi connectivity index (χ1v) is 12.7. The minimum absolute atomic E-state index is 0.0674. The first-order valence-electron chi connectivity index (χ1n) is 10.7. The van der Waals surface area contributed by atoms with Gasteiger partial charge < -0.3 is 0 Å². The molecule has 4 aromatic rings. The Balaban J connectivity index is 1.47. The number of nitrogens with zero attached hydrogens (tertiary/aromatic N) is 4. The van der Waals surface area contributed by atoms with Crippen molar-refractivity contribution in [1.82, 2.24) is 10.3 Å². The van der Waals surface area contributed by atoms with Crippen LogP contribution in [0.4, 0.5) is 17.1 Å². The number of hydrogen-bond donors (Lipinski definition) is 1. The lowest BCUT2D eigenvalue weighted by Gasteiger charge is -2.28. The molecule has 2 heterocycles. The normalized spacial score (nSPS) is 14.7. The quantitative estimate of drug-likeness (QED) is 0.111. The number of thiazole rings is 1. The molecule has 5 rings (SSSR count). The summed E-state index contributed by atoms with van der Waals surface area (Å²) in [7, 11) is 0. The SMILES string of the molecule is O=C1NC(=S)N(c2ccccc2)C(=O)/C1=C/c1ccc(Sc2nc3ccc([N+](=O)[O-])cc3s2)c([N+](=O)[O-])c1. The second-order valence-electron chi connectivity index (χ2n) is 7.77. The zero-order valence-electron chi connectivity index (χ0n) is 18.9. The molecule has 1 fully saturated rings. The average Bonchev–Trinajstić information content (AvgIpc) is 3.29. The van der Waals surface area contributed by atoms with Crippen LogP contribution in [0.3, 0.4) is 0 Å². The Morgan fingerprint density at radius 1 is 1.00 bits per heavy atom. The number of aromatic nitrogens is 1. The molecule has 0 aliphatic carbocycles. The molecular formula is C24H13N5O6S3. The number of nitro groups is 2. The van der Waals surface area contributed by atoms with E-state index in [0.29, 0.717) is 20.2 Å². The van der Waals surface area contributed by atoms with Crippen LogP contribution in [0.5, 0.6) is 0 Å². The van der Waals surface area contributed by atoms with Crippen LogP contribution in [0.25, 0.3) is 16.3 Å². The topological polar surface area (TPSA) is 149 Å². The van der Waals surface area contributed by atoms with Crippen LogP contribution >= 0.6 is 35.3 Å². The van der Waals surface area contributed by atoms with Crippen LogP contribution in [0.15, 0.2) is 81.5 Å². The van der Waals surface area contributed by atoms with Gasteiger partial charge in [0, 0.05) is 18.2 Å². The standard InChI is InChI=1S/C24H13N5O6S3/c30-21-16(22(31)27(23(36)26-21)14-4-2-1-3-5-14)10-13-6-9-19(18(11-13)29(34)35)37-24-25-17-8-7-15(28(32)33)12-20(17)38-24/h1-12H,(H,26,30,36)/b16-10+. The van der Waals surface area contributed by atoms with Crippen molar-refractivity contribution in [2.24, 2.45) is 0 Å². The monoisotopic (exact) mass is 563 g/mol. The molecule has 0 unspecified atom stereocenters. The molecule has 14 heteroatoms. The number of nitro benzene ring substituents is 2. The lowest BCUT2D eigenvalue weighted by Crippen LogP contribution is -2.54. The number of carbonyl (C=O) groups is 2. The summed E-state index contributed by atoms with van der Waals surface area (Å²) in [4.78, 5) is 53.4. The second kappa shape index (κ2) is 10.1. The summed E-state index contributed by atoms with van der Waals surface area (Å²) >= 11 is 7.39. The van der Waals surface area contributed by atoms with Crippen molar-refractivity contribution in [3.63, 3.8) is 0 Å². The molecule has 0 atom stereocenters. The van der Waals surface area contributed by atoms with Crippen molar-refractivity contribution in [2.75, 3.05) is 4.90 Å². The van der Waals surface area contributed by atoms with Gasteiger partial charge in [0.25, 0.3) is 23.2 Å². The third-order valence-corrected chi connectivity index (χ3v) is 7.80. The number of fused-ring (bicyclic) bond motifs is 1. The fourth-order valence-corrected chi connectivity index (χ4v) is 6.05. The lowest BCUT2D eigenvalue weighted by atomic mass is 10.1. The fourth-order valence-electron chi connectivity index (χ4n) is 3.63. The van der Waals surface area contributed by atoms with Gasteiger partial charge in [-0.05, 0) is 48.1 Å². The summed E-state index contributed by atoms with van der Waals surface area (Å²) in [6.07, 6.45) is 1.27. The highest BCUT2D eigenvalue weighted by atomic mass is 32.2. The number of nitrogens with one attached hydrogen (secondary N) is 1. The van der Waals surface area contributed by atoms with Gasteiger partial charge in [-0.2, -0.15) is 0 Å². The molecule has 1 saturated heterocycles. The molecule has 3 aromatic carbocycles. The highest BCUT2D eigenvalue weighted by Gasteiger charge is 2.34. The van der Waals surface area contributed by atoms with Crippen LogP contribution < -0.4 is 10.2 Å². The highest BCUT2D eigenvalue weighted by Crippen LogP contribution is 2.40. The number of para-hydroxylation sites is 1. The Labute approximate surface area is 227 Å². The van der Waals surface area contributed by atoms with Crippen LogP contribution in [0.1, 0.15) is 5.56 Å². The van der Waals surface area contributed by atoms with Gasteiger partial charge in [-0.15, -0.1) is 11.3 Å². The van der Waals surface area contributed by atoms with Crippen molar-refractivity contribution in [3.8, 4) is 0 Å². The number of non-ortho nitro benzene ring substituents is 1. The number of thiocarbonyl (C=S) groups is 1. The largest absolute Gasteiger partial charge is 0.298 e. The maximum atomic E-state index is 13.2. The smallest absolute Gasteiger partial charge is 0.283 e. The van der Waals surface area contributed by atoms with Crippen molar-refractivity contribution in [3.05, 3.63) is 98.1 Å². The molecule has 11 nitrogen and oxygen atoms in total. The van der Waals surface area contributed by atoms with Gasteiger partial charge in [0.15, 0.2) is 9.45 Å². The minimum Gasteiger partial charge on any atom is -0.298 e. The van der Waals surface area contributed by atoms with E-state index in [1.54, 1.807) is 36.4 Å². The molecule has 0 radical (unpaired) electrons. The molecule has 0 bridgehead atoms. The average molecular weight is 564 g/mol. The van der Waals surface area contributed by atoms with Gasteiger partial charge >= 0.3 is 0 Å². The summed E-state index contributed by atoms with van der Waals surface area (Å²) in [5.74, 6) is -1.37. The Kier molecular flexibility index (Phi) is 6.67. The third-order valence-electron chi connectivity index (χ3n) is 5.37. The molecule has 1 N–H and O–H groups in total. The summed E-state index contributed by atoms with van der Waals surface area (Å²) in [5.41, 5.74) is 0.704. The zero-order chi connectivity index (χ0) is 27.0. The molecule has 38 heavy (non-hydrogen) atoms. The van der Waals surface area contributed by atoms with Gasteiger partial charge in [0.05, 0.1) is 30.6 Å². The predicted molar refractivity (Wildman–Crippen MR) is 146 cm³/mol. The van der Waals surface area contributed by atoms with E-state index >= 15 is 0 Å². The summed E-state index contributed by atoms with van der Waals surface area (Å²) in [6.45, 7) is 0. The first kappa shape index (κ1) is 25.1. The Morgan fingerprint density at radius 2 is 1.76 bits per heavy atom. The van der Waals surface area contributed by atoms with Crippen LogP contribution in [0.2, 0.25) is 0 Å². The molecule has 2 amide bonds. The fraction of sp³-hybridized carbons (Fsp3) is 0. The summed E-state index contributed by atoms with van der Waals surface area (Å²) in [5, 5.41) is 25.3. The van der Waals surface area contributed by atoms with E-state index in [4.69, 9.17) is 12.2 Å². The van der Waals surface area contributed by atoms with E-state index in [-0.39, 0.29) is 32.5 Å². The van der Waals surface area contributed by atoms with Crippen molar-refractivity contribution >= 4 is 85.6 Å². The molecule has 0 spiro atoms. The molecule has 188 valence electrons. The van der Waals surface area contributed by atoms with E-state index < -0.39 is 21.7 Å². The number of benzene rings is 3. The lowest BCUT2D eigenvalue weighted by molar-refractivity contribution is -0.387. The van der Waals surface area contributed by atoms with E-state index in [2.05, 4.69) is 10.3 Å². The predicted octanol–water partition coefficient (Wildman–Crippen LogP) is 5.10. The molecule has 1 aliphatic heterocycles. The summed E-state index contributed by atoms with van der Waals surface area (Å²) in [6, 6.07) is 17.1. The van der Waals surface area contributed by atoms with Crippen LogP contribution in [0, 0.1) is 20.2 Å². The Hall–Kier alpha value is -4.53. The van der Waals surface area contributed by atoms with Crippen LogP contribution in [-0.4, -0.2) is 31.8 Å².